The number of furan rings is 1. The Morgan fingerprint density at radius 1 is 1.55 bits per heavy atom. The van der Waals surface area contributed by atoms with E-state index < -0.39 is 5.97 Å². The van der Waals surface area contributed by atoms with Crippen molar-refractivity contribution in [2.24, 2.45) is 0 Å². The molecule has 0 bridgehead atoms. The van der Waals surface area contributed by atoms with E-state index in [-0.39, 0.29) is 11.8 Å². The summed E-state index contributed by atoms with van der Waals surface area (Å²) in [4.78, 5) is 13.8. The normalized spacial score (nSPS) is 21.6. The number of carbonyl (C=O) groups is 1. The zero-order valence-electron chi connectivity index (χ0n) is 12.4. The van der Waals surface area contributed by atoms with Crippen molar-refractivity contribution in [1.29, 1.82) is 0 Å². The van der Waals surface area contributed by atoms with Gasteiger partial charge in [0.05, 0.1) is 25.9 Å². The number of hydrogen-bond acceptors (Lipinski definition) is 5. The quantitative estimate of drug-likeness (QED) is 0.777. The van der Waals surface area contributed by atoms with Gasteiger partial charge in [0, 0.05) is 13.1 Å². The molecule has 2 rings (SSSR count). The predicted octanol–water partition coefficient (Wildman–Crippen LogP) is 2.63. The summed E-state index contributed by atoms with van der Waals surface area (Å²) in [5, 5.41) is 0. The lowest BCUT2D eigenvalue weighted by molar-refractivity contribution is -0.0474. The molecule has 1 aliphatic rings. The maximum Gasteiger partial charge on any atom is 0.373 e. The lowest BCUT2D eigenvalue weighted by Crippen LogP contribution is -2.43. The Morgan fingerprint density at radius 3 is 3.05 bits per heavy atom. The van der Waals surface area contributed by atoms with Crippen LogP contribution >= 0.6 is 0 Å². The second-order valence-electron chi connectivity index (χ2n) is 5.15. The number of ether oxygens (including phenoxy) is 2. The third-order valence-corrected chi connectivity index (χ3v) is 3.75. The van der Waals surface area contributed by atoms with Crippen LogP contribution < -0.4 is 0 Å². The van der Waals surface area contributed by atoms with Gasteiger partial charge in [0.25, 0.3) is 0 Å². The summed E-state index contributed by atoms with van der Waals surface area (Å²) in [5.41, 5.74) is 0. The number of morpholine rings is 1. The number of carbonyl (C=O) groups excluding carboxylic acids is 1. The predicted molar refractivity (Wildman–Crippen MR) is 74.7 cm³/mol. The molecule has 1 aromatic rings. The summed E-state index contributed by atoms with van der Waals surface area (Å²) in [7, 11) is 1.35. The minimum absolute atomic E-state index is 0.136. The molecule has 5 nitrogen and oxygen atoms in total. The number of rotatable bonds is 5. The maximum absolute atomic E-state index is 11.4. The van der Waals surface area contributed by atoms with Gasteiger partial charge in [-0.3, -0.25) is 4.90 Å². The highest BCUT2D eigenvalue weighted by atomic mass is 16.5. The van der Waals surface area contributed by atoms with Crippen LogP contribution in [-0.4, -0.2) is 43.8 Å². The standard InChI is InChI=1S/C15H23NO4/c1-4-5-12-10-16(8-9-19-12)11(2)13-6-7-14(20-13)15(17)18-3/h6-7,11-12H,4-5,8-10H2,1-3H3/t11-,12-/m0/s1. The molecule has 0 N–H and O–H groups in total. The third-order valence-electron chi connectivity index (χ3n) is 3.75. The van der Waals surface area contributed by atoms with E-state index in [0.29, 0.717) is 6.10 Å². The Kier molecular flexibility index (Phi) is 5.20. The van der Waals surface area contributed by atoms with E-state index in [9.17, 15) is 4.79 Å². The first-order chi connectivity index (χ1) is 9.65. The van der Waals surface area contributed by atoms with E-state index >= 15 is 0 Å². The molecular formula is C15H23NO4. The maximum atomic E-state index is 11.4. The first-order valence-electron chi connectivity index (χ1n) is 7.19. The van der Waals surface area contributed by atoms with Gasteiger partial charge in [-0.05, 0) is 25.5 Å². The third kappa shape index (κ3) is 3.41. The molecule has 112 valence electrons. The van der Waals surface area contributed by atoms with Crippen LogP contribution in [-0.2, 0) is 9.47 Å². The van der Waals surface area contributed by atoms with Crippen LogP contribution in [0.25, 0.3) is 0 Å². The van der Waals surface area contributed by atoms with Crippen LogP contribution in [0.2, 0.25) is 0 Å². The van der Waals surface area contributed by atoms with Gasteiger partial charge in [-0.1, -0.05) is 13.3 Å². The van der Waals surface area contributed by atoms with Crippen molar-refractivity contribution in [2.45, 2.75) is 38.8 Å². The second-order valence-corrected chi connectivity index (χ2v) is 5.15. The van der Waals surface area contributed by atoms with Crippen molar-refractivity contribution >= 4 is 5.97 Å². The smallest absolute Gasteiger partial charge is 0.373 e. The van der Waals surface area contributed by atoms with Crippen molar-refractivity contribution in [3.8, 4) is 0 Å². The largest absolute Gasteiger partial charge is 0.463 e. The molecule has 1 fully saturated rings. The van der Waals surface area contributed by atoms with Gasteiger partial charge < -0.3 is 13.9 Å². The molecule has 0 aromatic carbocycles. The van der Waals surface area contributed by atoms with E-state index in [1.807, 2.05) is 6.07 Å². The Hall–Kier alpha value is -1.33. The minimum atomic E-state index is -0.436. The fraction of sp³-hybridized carbons (Fsp3) is 0.667. The number of hydrogen-bond donors (Lipinski definition) is 0. The summed E-state index contributed by atoms with van der Waals surface area (Å²) in [6.07, 6.45) is 2.50. The Bertz CT molecular complexity index is 441. The van der Waals surface area contributed by atoms with Gasteiger partial charge in [-0.2, -0.15) is 0 Å². The van der Waals surface area contributed by atoms with Crippen molar-refractivity contribution in [3.05, 3.63) is 23.7 Å². The zero-order valence-corrected chi connectivity index (χ0v) is 12.4. The van der Waals surface area contributed by atoms with Gasteiger partial charge >= 0.3 is 5.97 Å². The monoisotopic (exact) mass is 281 g/mol. The minimum Gasteiger partial charge on any atom is -0.463 e. The summed E-state index contributed by atoms with van der Waals surface area (Å²) in [6, 6.07) is 3.65. The molecular weight excluding hydrogens is 258 g/mol. The van der Waals surface area contributed by atoms with Crippen LogP contribution in [0.3, 0.4) is 0 Å². The van der Waals surface area contributed by atoms with Gasteiger partial charge in [0.1, 0.15) is 5.76 Å². The average Bonchev–Trinajstić information content (AvgIpc) is 2.96. The van der Waals surface area contributed by atoms with Gasteiger partial charge in [0.15, 0.2) is 0 Å². The first kappa shape index (κ1) is 15.1. The molecule has 20 heavy (non-hydrogen) atoms. The first-order valence-corrected chi connectivity index (χ1v) is 7.19. The molecule has 0 radical (unpaired) electrons. The summed E-state index contributed by atoms with van der Waals surface area (Å²) < 4.78 is 16.0. The van der Waals surface area contributed by atoms with Crippen molar-refractivity contribution in [2.75, 3.05) is 26.8 Å². The molecule has 2 atom stereocenters. The fourth-order valence-electron chi connectivity index (χ4n) is 2.56. The summed E-state index contributed by atoms with van der Waals surface area (Å²) >= 11 is 0. The van der Waals surface area contributed by atoms with E-state index in [1.165, 1.54) is 7.11 Å². The Morgan fingerprint density at radius 2 is 2.35 bits per heavy atom. The Labute approximate surface area is 119 Å². The number of nitrogens with zero attached hydrogens (tertiary/aromatic N) is 1. The van der Waals surface area contributed by atoms with Crippen LogP contribution in [0.1, 0.15) is 49.0 Å². The zero-order chi connectivity index (χ0) is 14.5. The van der Waals surface area contributed by atoms with Crippen LogP contribution in [0.15, 0.2) is 16.5 Å². The SMILES string of the molecule is CCC[C@H]1CN([C@@H](C)c2ccc(C(=O)OC)o2)CCO1. The van der Waals surface area contributed by atoms with E-state index in [4.69, 9.17) is 9.15 Å². The van der Waals surface area contributed by atoms with Gasteiger partial charge in [0.2, 0.25) is 5.76 Å². The molecule has 0 spiro atoms. The highest BCUT2D eigenvalue weighted by Gasteiger charge is 2.26. The van der Waals surface area contributed by atoms with Crippen molar-refractivity contribution < 1.29 is 18.7 Å². The average molecular weight is 281 g/mol. The van der Waals surface area contributed by atoms with E-state index in [2.05, 4.69) is 23.5 Å². The molecule has 5 heteroatoms. The van der Waals surface area contributed by atoms with Gasteiger partial charge in [-0.25, -0.2) is 4.79 Å². The van der Waals surface area contributed by atoms with Gasteiger partial charge in [-0.15, -0.1) is 0 Å². The van der Waals surface area contributed by atoms with E-state index in [1.54, 1.807) is 6.07 Å². The molecule has 0 saturated carbocycles. The summed E-state index contributed by atoms with van der Waals surface area (Å²) in [6.45, 7) is 6.80. The van der Waals surface area contributed by atoms with Crippen LogP contribution in [0.5, 0.6) is 0 Å². The number of methoxy groups -OCH3 is 1. The summed E-state index contributed by atoms with van der Waals surface area (Å²) in [5.74, 6) is 0.615. The molecule has 2 heterocycles. The topological polar surface area (TPSA) is 51.9 Å². The molecule has 1 aliphatic heterocycles. The molecule has 0 unspecified atom stereocenters. The fourth-order valence-corrected chi connectivity index (χ4v) is 2.56. The number of esters is 1. The molecule has 0 aliphatic carbocycles. The van der Waals surface area contributed by atoms with Crippen LogP contribution in [0.4, 0.5) is 0 Å². The Balaban J connectivity index is 2.01. The lowest BCUT2D eigenvalue weighted by atomic mass is 10.1. The van der Waals surface area contributed by atoms with Crippen molar-refractivity contribution in [1.82, 2.24) is 4.90 Å². The second kappa shape index (κ2) is 6.90. The van der Waals surface area contributed by atoms with Crippen molar-refractivity contribution in [3.63, 3.8) is 0 Å². The molecule has 1 aromatic heterocycles. The van der Waals surface area contributed by atoms with Crippen LogP contribution in [0, 0.1) is 0 Å². The lowest BCUT2D eigenvalue weighted by Gasteiger charge is -2.36. The molecule has 0 amide bonds. The highest BCUT2D eigenvalue weighted by Crippen LogP contribution is 2.25. The van der Waals surface area contributed by atoms with E-state index in [0.717, 1.165) is 38.3 Å². The molecule has 1 saturated heterocycles. The highest BCUT2D eigenvalue weighted by molar-refractivity contribution is 5.86.